The summed E-state index contributed by atoms with van der Waals surface area (Å²) in [5.74, 6) is -0.0524. The molecule has 1 unspecified atom stereocenters. The van der Waals surface area contributed by atoms with Crippen molar-refractivity contribution in [1.29, 1.82) is 0 Å². The molecule has 1 amide bonds. The maximum Gasteiger partial charge on any atom is 0.310 e. The predicted octanol–water partition coefficient (Wildman–Crippen LogP) is 3.85. The SMILES string of the molecule is COc1ccc(CCCC(=O)Nc2ccc(C(C)C(=O)O)cc2)c(OC)c1. The average Bonchev–Trinajstić information content (AvgIpc) is 2.68. The van der Waals surface area contributed by atoms with Crippen LogP contribution in [0.2, 0.25) is 0 Å². The number of carbonyl (C=O) groups is 2. The summed E-state index contributed by atoms with van der Waals surface area (Å²) in [6, 6.07) is 12.5. The van der Waals surface area contributed by atoms with Crippen molar-refractivity contribution in [2.45, 2.75) is 32.1 Å². The van der Waals surface area contributed by atoms with Crippen LogP contribution in [0.1, 0.15) is 36.8 Å². The number of nitrogens with one attached hydrogen (secondary N) is 1. The third-order valence-electron chi connectivity index (χ3n) is 4.41. The molecule has 0 heterocycles. The number of anilines is 1. The predicted molar refractivity (Wildman–Crippen MR) is 104 cm³/mol. The van der Waals surface area contributed by atoms with Gasteiger partial charge in [-0.2, -0.15) is 0 Å². The van der Waals surface area contributed by atoms with E-state index >= 15 is 0 Å². The number of carboxylic acid groups (broad SMARTS) is 1. The van der Waals surface area contributed by atoms with Crippen LogP contribution in [0.15, 0.2) is 42.5 Å². The molecule has 2 rings (SSSR count). The lowest BCUT2D eigenvalue weighted by Crippen LogP contribution is -2.12. The molecule has 0 saturated heterocycles. The van der Waals surface area contributed by atoms with Gasteiger partial charge in [0.2, 0.25) is 5.91 Å². The Morgan fingerprint density at radius 2 is 1.78 bits per heavy atom. The Hall–Kier alpha value is -3.02. The van der Waals surface area contributed by atoms with E-state index in [2.05, 4.69) is 5.32 Å². The summed E-state index contributed by atoms with van der Waals surface area (Å²) in [5, 5.41) is 11.9. The second-order valence-electron chi connectivity index (χ2n) is 6.26. The maximum atomic E-state index is 12.1. The normalized spacial score (nSPS) is 11.5. The minimum atomic E-state index is -0.874. The lowest BCUT2D eigenvalue weighted by Gasteiger charge is -2.11. The second-order valence-corrected chi connectivity index (χ2v) is 6.26. The maximum absolute atomic E-state index is 12.1. The van der Waals surface area contributed by atoms with Crippen LogP contribution in [0.25, 0.3) is 0 Å². The van der Waals surface area contributed by atoms with Crippen LogP contribution in [0, 0.1) is 0 Å². The molecule has 1 atom stereocenters. The van der Waals surface area contributed by atoms with Crippen molar-refractivity contribution in [2.75, 3.05) is 19.5 Å². The Bertz CT molecular complexity index is 786. The van der Waals surface area contributed by atoms with Gasteiger partial charge in [0, 0.05) is 18.2 Å². The molecule has 0 radical (unpaired) electrons. The average molecular weight is 371 g/mol. The zero-order chi connectivity index (χ0) is 19.8. The monoisotopic (exact) mass is 371 g/mol. The molecule has 0 aliphatic rings. The van der Waals surface area contributed by atoms with Gasteiger partial charge < -0.3 is 19.9 Å². The van der Waals surface area contributed by atoms with Gasteiger partial charge in [-0.25, -0.2) is 0 Å². The Balaban J connectivity index is 1.85. The number of methoxy groups -OCH3 is 2. The van der Waals surface area contributed by atoms with Gasteiger partial charge in [-0.1, -0.05) is 18.2 Å². The number of aryl methyl sites for hydroxylation is 1. The minimum Gasteiger partial charge on any atom is -0.497 e. The molecular weight excluding hydrogens is 346 g/mol. The molecule has 0 aliphatic heterocycles. The summed E-state index contributed by atoms with van der Waals surface area (Å²) in [7, 11) is 3.22. The number of hydrogen-bond acceptors (Lipinski definition) is 4. The van der Waals surface area contributed by atoms with Crippen molar-refractivity contribution < 1.29 is 24.2 Å². The third-order valence-corrected chi connectivity index (χ3v) is 4.41. The van der Waals surface area contributed by atoms with Crippen LogP contribution in [-0.4, -0.2) is 31.2 Å². The lowest BCUT2D eigenvalue weighted by atomic mass is 10.0. The van der Waals surface area contributed by atoms with Crippen LogP contribution in [0.4, 0.5) is 5.69 Å². The Morgan fingerprint density at radius 3 is 2.37 bits per heavy atom. The zero-order valence-corrected chi connectivity index (χ0v) is 15.8. The highest BCUT2D eigenvalue weighted by Crippen LogP contribution is 2.26. The second kappa shape index (κ2) is 9.62. The Labute approximate surface area is 159 Å². The first-order valence-electron chi connectivity index (χ1n) is 8.78. The summed E-state index contributed by atoms with van der Waals surface area (Å²) < 4.78 is 10.5. The van der Waals surface area contributed by atoms with E-state index in [1.807, 2.05) is 18.2 Å². The van der Waals surface area contributed by atoms with E-state index in [4.69, 9.17) is 14.6 Å². The van der Waals surface area contributed by atoms with E-state index in [0.29, 0.717) is 24.1 Å². The molecule has 0 bridgehead atoms. The van der Waals surface area contributed by atoms with Gasteiger partial charge in [-0.15, -0.1) is 0 Å². The van der Waals surface area contributed by atoms with Gasteiger partial charge >= 0.3 is 5.97 Å². The highest BCUT2D eigenvalue weighted by molar-refractivity contribution is 5.90. The van der Waals surface area contributed by atoms with E-state index in [9.17, 15) is 9.59 Å². The van der Waals surface area contributed by atoms with Crippen molar-refractivity contribution in [2.24, 2.45) is 0 Å². The van der Waals surface area contributed by atoms with Crippen molar-refractivity contribution >= 4 is 17.6 Å². The molecule has 2 aromatic carbocycles. The first-order valence-corrected chi connectivity index (χ1v) is 8.78. The summed E-state index contributed by atoms with van der Waals surface area (Å²) >= 11 is 0. The number of carboxylic acids is 1. The molecule has 0 spiro atoms. The van der Waals surface area contributed by atoms with Gasteiger partial charge in [0.15, 0.2) is 0 Å². The molecule has 6 nitrogen and oxygen atoms in total. The number of carbonyl (C=O) groups excluding carboxylic acids is 1. The highest BCUT2D eigenvalue weighted by Gasteiger charge is 2.13. The van der Waals surface area contributed by atoms with Crippen LogP contribution in [0.5, 0.6) is 11.5 Å². The van der Waals surface area contributed by atoms with Crippen LogP contribution in [0.3, 0.4) is 0 Å². The van der Waals surface area contributed by atoms with Gasteiger partial charge in [-0.05, 0) is 49.1 Å². The smallest absolute Gasteiger partial charge is 0.310 e. The minimum absolute atomic E-state index is 0.0819. The van der Waals surface area contributed by atoms with Gasteiger partial charge in [-0.3, -0.25) is 9.59 Å². The fourth-order valence-corrected chi connectivity index (χ4v) is 2.72. The standard InChI is InChI=1S/C21H25NO5/c1-14(21(24)25)15-7-10-17(11-8-15)22-20(23)6-4-5-16-9-12-18(26-2)13-19(16)27-3/h7-14H,4-6H2,1-3H3,(H,22,23)(H,24,25). The fourth-order valence-electron chi connectivity index (χ4n) is 2.72. The molecule has 0 aromatic heterocycles. The first-order chi connectivity index (χ1) is 12.9. The number of aliphatic carboxylic acids is 1. The molecule has 6 heteroatoms. The van der Waals surface area contributed by atoms with Gasteiger partial charge in [0.05, 0.1) is 20.1 Å². The number of benzene rings is 2. The van der Waals surface area contributed by atoms with E-state index in [1.54, 1.807) is 45.4 Å². The summed E-state index contributed by atoms with van der Waals surface area (Å²) in [6.45, 7) is 1.63. The van der Waals surface area contributed by atoms with Crippen molar-refractivity contribution in [3.05, 3.63) is 53.6 Å². The zero-order valence-electron chi connectivity index (χ0n) is 15.8. The summed E-state index contributed by atoms with van der Waals surface area (Å²) in [4.78, 5) is 23.1. The molecule has 144 valence electrons. The number of hydrogen-bond donors (Lipinski definition) is 2. The van der Waals surface area contributed by atoms with Gasteiger partial charge in [0.25, 0.3) is 0 Å². The van der Waals surface area contributed by atoms with Crippen molar-refractivity contribution in [3.8, 4) is 11.5 Å². The fraction of sp³-hybridized carbons (Fsp3) is 0.333. The molecule has 27 heavy (non-hydrogen) atoms. The number of ether oxygens (including phenoxy) is 2. The first kappa shape index (κ1) is 20.3. The Morgan fingerprint density at radius 1 is 1.07 bits per heavy atom. The summed E-state index contributed by atoms with van der Waals surface area (Å²) in [5.41, 5.74) is 2.38. The Kier molecular flexibility index (Phi) is 7.23. The van der Waals surface area contributed by atoms with E-state index in [-0.39, 0.29) is 5.91 Å². The van der Waals surface area contributed by atoms with Crippen LogP contribution < -0.4 is 14.8 Å². The molecule has 2 N–H and O–H groups in total. The largest absolute Gasteiger partial charge is 0.497 e. The molecule has 0 saturated carbocycles. The molecule has 2 aromatic rings. The summed E-state index contributed by atoms with van der Waals surface area (Å²) in [6.07, 6.45) is 1.78. The lowest BCUT2D eigenvalue weighted by molar-refractivity contribution is -0.138. The van der Waals surface area contributed by atoms with E-state index in [0.717, 1.165) is 23.5 Å². The quantitative estimate of drug-likeness (QED) is 0.699. The van der Waals surface area contributed by atoms with Gasteiger partial charge in [0.1, 0.15) is 11.5 Å². The number of amides is 1. The molecular formula is C21H25NO5. The van der Waals surface area contributed by atoms with Crippen LogP contribution in [-0.2, 0) is 16.0 Å². The van der Waals surface area contributed by atoms with Crippen LogP contribution >= 0.6 is 0 Å². The van der Waals surface area contributed by atoms with Crippen molar-refractivity contribution in [1.82, 2.24) is 0 Å². The van der Waals surface area contributed by atoms with E-state index < -0.39 is 11.9 Å². The molecule has 0 fully saturated rings. The highest BCUT2D eigenvalue weighted by atomic mass is 16.5. The van der Waals surface area contributed by atoms with E-state index in [1.165, 1.54) is 0 Å². The molecule has 0 aliphatic carbocycles. The van der Waals surface area contributed by atoms with Crippen molar-refractivity contribution in [3.63, 3.8) is 0 Å². The number of rotatable bonds is 9. The third kappa shape index (κ3) is 5.74. The topological polar surface area (TPSA) is 84.9 Å².